The summed E-state index contributed by atoms with van der Waals surface area (Å²) in [7, 11) is 0. The number of ether oxygens (including phenoxy) is 1. The van der Waals surface area contributed by atoms with Crippen molar-refractivity contribution in [1.82, 2.24) is 19.7 Å². The van der Waals surface area contributed by atoms with Gasteiger partial charge in [-0.05, 0) is 50.7 Å². The number of aromatic nitrogens is 3. The molecule has 1 aromatic carbocycles. The van der Waals surface area contributed by atoms with Crippen molar-refractivity contribution in [2.75, 3.05) is 25.0 Å². The number of rotatable bonds is 6. The summed E-state index contributed by atoms with van der Waals surface area (Å²) in [6.07, 6.45) is 8.50. The van der Waals surface area contributed by atoms with E-state index < -0.39 is 0 Å². The Morgan fingerprint density at radius 1 is 1.06 bits per heavy atom. The fourth-order valence-corrected chi connectivity index (χ4v) is 4.71. The van der Waals surface area contributed by atoms with Crippen molar-refractivity contribution in [2.24, 2.45) is 5.92 Å². The van der Waals surface area contributed by atoms with Gasteiger partial charge in [0.1, 0.15) is 17.4 Å². The van der Waals surface area contributed by atoms with Gasteiger partial charge in [-0.25, -0.2) is 0 Å². The van der Waals surface area contributed by atoms with E-state index in [-0.39, 0.29) is 30.3 Å². The van der Waals surface area contributed by atoms with Gasteiger partial charge < -0.3 is 19.5 Å². The molecular weight excluding hydrogens is 406 g/mol. The minimum atomic E-state index is -0.0160. The summed E-state index contributed by atoms with van der Waals surface area (Å²) >= 11 is 0. The molecule has 1 saturated carbocycles. The third-order valence-electron chi connectivity index (χ3n) is 6.69. The topological polar surface area (TPSA) is 89.3 Å². The van der Waals surface area contributed by atoms with Gasteiger partial charge >= 0.3 is 0 Å². The van der Waals surface area contributed by atoms with Crippen LogP contribution in [-0.2, 0) is 22.6 Å². The lowest BCUT2D eigenvalue weighted by atomic mass is 9.97. The highest BCUT2D eigenvalue weighted by molar-refractivity contribution is 5.94. The van der Waals surface area contributed by atoms with Crippen molar-refractivity contribution < 1.29 is 14.3 Å². The number of benzene rings is 1. The molecule has 1 atom stereocenters. The minimum Gasteiger partial charge on any atom is -0.484 e. The van der Waals surface area contributed by atoms with Gasteiger partial charge in [-0.1, -0.05) is 12.5 Å². The lowest BCUT2D eigenvalue weighted by Crippen LogP contribution is -2.42. The predicted molar refractivity (Wildman–Crippen MR) is 119 cm³/mol. The van der Waals surface area contributed by atoms with Crippen molar-refractivity contribution in [1.29, 1.82) is 0 Å². The molecule has 0 bridgehead atoms. The van der Waals surface area contributed by atoms with Gasteiger partial charge in [0, 0.05) is 49.6 Å². The lowest BCUT2D eigenvalue weighted by molar-refractivity contribution is -0.134. The fourth-order valence-electron chi connectivity index (χ4n) is 4.71. The molecule has 1 aromatic heterocycles. The largest absolute Gasteiger partial charge is 0.484 e. The summed E-state index contributed by atoms with van der Waals surface area (Å²) in [5, 5.41) is 11.9. The Balaban J connectivity index is 1.17. The molecule has 32 heavy (non-hydrogen) atoms. The molecule has 2 aliphatic heterocycles. The van der Waals surface area contributed by atoms with Gasteiger partial charge in [0.15, 0.2) is 6.61 Å². The van der Waals surface area contributed by atoms with Crippen LogP contribution in [0.2, 0.25) is 0 Å². The summed E-state index contributed by atoms with van der Waals surface area (Å²) in [4.78, 5) is 26.7. The van der Waals surface area contributed by atoms with E-state index in [0.717, 1.165) is 56.8 Å². The fraction of sp³-hybridized carbons (Fsp3) is 0.583. The van der Waals surface area contributed by atoms with Gasteiger partial charge in [-0.2, -0.15) is 0 Å². The first kappa shape index (κ1) is 21.0. The van der Waals surface area contributed by atoms with Gasteiger partial charge in [0.05, 0.1) is 0 Å². The van der Waals surface area contributed by atoms with Crippen LogP contribution < -0.4 is 10.1 Å². The van der Waals surface area contributed by atoms with E-state index in [9.17, 15) is 9.59 Å². The monoisotopic (exact) mass is 437 g/mol. The van der Waals surface area contributed by atoms with Gasteiger partial charge in [0.2, 0.25) is 5.91 Å². The summed E-state index contributed by atoms with van der Waals surface area (Å²) in [5.41, 5.74) is 0.706. The molecule has 1 saturated heterocycles. The van der Waals surface area contributed by atoms with E-state index in [1.54, 1.807) is 6.07 Å². The molecule has 5 rings (SSSR count). The SMILES string of the molecule is O=C(Nc1cccc(OCC(=O)N2CCCC(c3nnc4n3CCCCC4)C2)c1)C1CC1. The molecule has 1 unspecified atom stereocenters. The van der Waals surface area contributed by atoms with E-state index in [1.165, 1.54) is 19.3 Å². The highest BCUT2D eigenvalue weighted by atomic mass is 16.5. The number of aryl methyl sites for hydroxylation is 1. The van der Waals surface area contributed by atoms with Crippen LogP contribution in [0.4, 0.5) is 5.69 Å². The number of amides is 2. The summed E-state index contributed by atoms with van der Waals surface area (Å²) in [6.45, 7) is 2.39. The number of piperidine rings is 1. The second kappa shape index (κ2) is 9.30. The van der Waals surface area contributed by atoms with Crippen molar-refractivity contribution in [3.63, 3.8) is 0 Å². The average molecular weight is 438 g/mol. The number of hydrogen-bond acceptors (Lipinski definition) is 5. The summed E-state index contributed by atoms with van der Waals surface area (Å²) in [6, 6.07) is 7.25. The minimum absolute atomic E-state index is 0.00924. The number of likely N-dealkylation sites (tertiary alicyclic amines) is 1. The second-order valence-electron chi connectivity index (χ2n) is 9.20. The van der Waals surface area contributed by atoms with Crippen molar-refractivity contribution in [3.05, 3.63) is 35.9 Å². The molecule has 1 N–H and O–H groups in total. The Bertz CT molecular complexity index is 984. The van der Waals surface area contributed by atoms with Gasteiger partial charge in [-0.15, -0.1) is 10.2 Å². The highest BCUT2D eigenvalue weighted by Crippen LogP contribution is 2.31. The Hall–Kier alpha value is -2.90. The van der Waals surface area contributed by atoms with E-state index in [0.29, 0.717) is 18.0 Å². The second-order valence-corrected chi connectivity index (χ2v) is 9.20. The van der Waals surface area contributed by atoms with Crippen LogP contribution in [0.3, 0.4) is 0 Å². The maximum atomic E-state index is 12.9. The number of carbonyl (C=O) groups excluding carboxylic acids is 2. The number of nitrogens with one attached hydrogen (secondary N) is 1. The average Bonchev–Trinajstić information content (AvgIpc) is 3.63. The molecule has 2 fully saturated rings. The van der Waals surface area contributed by atoms with Crippen LogP contribution in [0.1, 0.15) is 62.5 Å². The van der Waals surface area contributed by atoms with E-state index >= 15 is 0 Å². The first-order valence-corrected chi connectivity index (χ1v) is 11.9. The van der Waals surface area contributed by atoms with E-state index in [1.807, 2.05) is 23.1 Å². The molecule has 3 aliphatic rings. The Morgan fingerprint density at radius 3 is 2.84 bits per heavy atom. The smallest absolute Gasteiger partial charge is 0.260 e. The molecule has 2 aromatic rings. The van der Waals surface area contributed by atoms with Crippen LogP contribution in [-0.4, -0.2) is 51.2 Å². The maximum absolute atomic E-state index is 12.9. The first-order chi connectivity index (χ1) is 15.7. The quantitative estimate of drug-likeness (QED) is 0.750. The Kier molecular flexibility index (Phi) is 6.10. The van der Waals surface area contributed by atoms with Crippen molar-refractivity contribution in [2.45, 2.75) is 63.8 Å². The Morgan fingerprint density at radius 2 is 1.97 bits per heavy atom. The number of carbonyl (C=O) groups is 2. The third-order valence-corrected chi connectivity index (χ3v) is 6.69. The summed E-state index contributed by atoms with van der Waals surface area (Å²) < 4.78 is 8.07. The van der Waals surface area contributed by atoms with E-state index in [2.05, 4.69) is 20.1 Å². The van der Waals surface area contributed by atoms with Crippen LogP contribution in [0.5, 0.6) is 5.75 Å². The molecule has 1 aliphatic carbocycles. The number of nitrogens with zero attached hydrogens (tertiary/aromatic N) is 4. The molecule has 0 spiro atoms. The van der Waals surface area contributed by atoms with Crippen molar-refractivity contribution in [3.8, 4) is 5.75 Å². The molecule has 0 radical (unpaired) electrons. The van der Waals surface area contributed by atoms with Crippen LogP contribution in [0.15, 0.2) is 24.3 Å². The molecule has 2 amide bonds. The van der Waals surface area contributed by atoms with Gasteiger partial charge in [0.25, 0.3) is 5.91 Å². The molecule has 8 heteroatoms. The number of fused-ring (bicyclic) bond motifs is 1. The Labute approximate surface area is 188 Å². The summed E-state index contributed by atoms with van der Waals surface area (Å²) in [5.74, 6) is 3.14. The van der Waals surface area contributed by atoms with Crippen LogP contribution in [0.25, 0.3) is 0 Å². The maximum Gasteiger partial charge on any atom is 0.260 e. The highest BCUT2D eigenvalue weighted by Gasteiger charge is 2.30. The zero-order valence-electron chi connectivity index (χ0n) is 18.5. The number of anilines is 1. The molecule has 170 valence electrons. The molecule has 8 nitrogen and oxygen atoms in total. The standard InChI is InChI=1S/C24H31N5O3/c30-22(16-32-20-8-4-7-19(14-20)25-24(31)17-10-11-17)28-12-5-6-18(15-28)23-27-26-21-9-2-1-3-13-29(21)23/h4,7-8,14,17-18H,1-3,5-6,9-13,15-16H2,(H,25,31). The van der Waals surface area contributed by atoms with Gasteiger partial charge in [-0.3, -0.25) is 9.59 Å². The molecule has 3 heterocycles. The number of hydrogen-bond donors (Lipinski definition) is 1. The zero-order valence-corrected chi connectivity index (χ0v) is 18.5. The normalized spacial score (nSPS) is 20.9. The zero-order chi connectivity index (χ0) is 21.9. The lowest BCUT2D eigenvalue weighted by Gasteiger charge is -2.32. The van der Waals surface area contributed by atoms with Crippen LogP contribution >= 0.6 is 0 Å². The predicted octanol–water partition coefficient (Wildman–Crippen LogP) is 3.14. The van der Waals surface area contributed by atoms with Crippen LogP contribution in [0, 0.1) is 5.92 Å². The third kappa shape index (κ3) is 4.79. The first-order valence-electron chi connectivity index (χ1n) is 11.9. The van der Waals surface area contributed by atoms with E-state index in [4.69, 9.17) is 4.74 Å². The van der Waals surface area contributed by atoms with Crippen molar-refractivity contribution >= 4 is 17.5 Å². The molecular formula is C24H31N5O3.